The van der Waals surface area contributed by atoms with E-state index >= 15 is 0 Å². The Morgan fingerprint density at radius 2 is 1.76 bits per heavy atom. The number of halogens is 2. The van der Waals surface area contributed by atoms with Crippen LogP contribution in [0.5, 0.6) is 0 Å². The maximum absolute atomic E-state index is 14.0. The third-order valence-electron chi connectivity index (χ3n) is 6.95. The minimum absolute atomic E-state index is 0.0429. The highest BCUT2D eigenvalue weighted by atomic mass is 32.2. The highest BCUT2D eigenvalue weighted by Gasteiger charge is 2.29. The Hall–Kier alpha value is -2.45. The minimum Gasteiger partial charge on any atom is -0.382 e. The van der Waals surface area contributed by atoms with Gasteiger partial charge in [0.05, 0.1) is 11.3 Å². The standard InChI is InChI=1S/C25H34F2N6O3S2/c1-2-9-31-13-15-32(16-14-31)10-4-17-38(35,36)33-11-7-18(8-12-33)29-25-30-24(28)23(37-25)22(34)21-19(26)5-3-6-20(21)27/h2-3,5-6,18H,1,4,7-17,28H2,(H,29,30). The maximum Gasteiger partial charge on any atom is 0.214 e. The van der Waals surface area contributed by atoms with Crippen LogP contribution in [0.15, 0.2) is 30.9 Å². The van der Waals surface area contributed by atoms with Gasteiger partial charge in [0, 0.05) is 51.9 Å². The molecule has 0 spiro atoms. The average molecular weight is 569 g/mol. The number of aromatic nitrogens is 1. The van der Waals surface area contributed by atoms with Crippen molar-refractivity contribution >= 4 is 38.1 Å². The number of benzene rings is 1. The van der Waals surface area contributed by atoms with Crippen molar-refractivity contribution in [3.05, 3.63) is 52.9 Å². The van der Waals surface area contributed by atoms with Gasteiger partial charge in [0.2, 0.25) is 15.8 Å². The highest BCUT2D eigenvalue weighted by molar-refractivity contribution is 7.89. The van der Waals surface area contributed by atoms with Gasteiger partial charge in [-0.25, -0.2) is 26.5 Å². The molecule has 1 aromatic heterocycles. The number of carbonyl (C=O) groups excluding carboxylic acids is 1. The second-order valence-corrected chi connectivity index (χ2v) is 12.7. The van der Waals surface area contributed by atoms with Crippen LogP contribution >= 0.6 is 11.3 Å². The van der Waals surface area contributed by atoms with E-state index in [0.717, 1.165) is 62.7 Å². The lowest BCUT2D eigenvalue weighted by atomic mass is 10.1. The van der Waals surface area contributed by atoms with Gasteiger partial charge in [-0.2, -0.15) is 0 Å². The van der Waals surface area contributed by atoms with Crippen molar-refractivity contribution in [3.63, 3.8) is 0 Å². The van der Waals surface area contributed by atoms with Crippen molar-refractivity contribution in [2.45, 2.75) is 25.3 Å². The van der Waals surface area contributed by atoms with Gasteiger partial charge < -0.3 is 16.0 Å². The molecule has 0 aliphatic carbocycles. The molecular formula is C25H34F2N6O3S2. The zero-order valence-electron chi connectivity index (χ0n) is 21.2. The smallest absolute Gasteiger partial charge is 0.214 e. The van der Waals surface area contributed by atoms with Crippen molar-refractivity contribution in [1.82, 2.24) is 19.1 Å². The molecule has 3 N–H and O–H groups in total. The first-order valence-electron chi connectivity index (χ1n) is 12.7. The summed E-state index contributed by atoms with van der Waals surface area (Å²) in [6.07, 6.45) is 3.63. The predicted molar refractivity (Wildman–Crippen MR) is 146 cm³/mol. The van der Waals surface area contributed by atoms with Crippen molar-refractivity contribution in [1.29, 1.82) is 0 Å². The molecule has 9 nitrogen and oxygen atoms in total. The van der Waals surface area contributed by atoms with Crippen molar-refractivity contribution in [2.24, 2.45) is 0 Å². The predicted octanol–water partition coefficient (Wildman–Crippen LogP) is 2.63. The molecule has 2 aliphatic heterocycles. The zero-order chi connectivity index (χ0) is 27.3. The Bertz CT molecular complexity index is 1220. The molecule has 208 valence electrons. The Balaban J connectivity index is 1.24. The monoisotopic (exact) mass is 568 g/mol. The van der Waals surface area contributed by atoms with E-state index in [4.69, 9.17) is 5.73 Å². The molecular weight excluding hydrogens is 534 g/mol. The van der Waals surface area contributed by atoms with Crippen LogP contribution < -0.4 is 11.1 Å². The van der Waals surface area contributed by atoms with Gasteiger partial charge in [0.25, 0.3) is 0 Å². The number of thiazole rings is 1. The lowest BCUT2D eigenvalue weighted by Crippen LogP contribution is -2.47. The molecule has 0 saturated carbocycles. The van der Waals surface area contributed by atoms with Gasteiger partial charge in [-0.1, -0.05) is 23.5 Å². The summed E-state index contributed by atoms with van der Waals surface area (Å²) in [7, 11) is -3.35. The number of ketones is 1. The van der Waals surface area contributed by atoms with Crippen LogP contribution in [0.3, 0.4) is 0 Å². The Kier molecular flexibility index (Phi) is 9.47. The fraction of sp³-hybridized carbons (Fsp3) is 0.520. The van der Waals surface area contributed by atoms with Crippen LogP contribution in [0.2, 0.25) is 0 Å². The number of sulfonamides is 1. The molecule has 2 saturated heterocycles. The zero-order valence-corrected chi connectivity index (χ0v) is 22.9. The quantitative estimate of drug-likeness (QED) is 0.314. The Morgan fingerprint density at radius 1 is 1.13 bits per heavy atom. The molecule has 0 bridgehead atoms. The van der Waals surface area contributed by atoms with E-state index in [1.165, 1.54) is 6.07 Å². The number of nitrogens with one attached hydrogen (secondary N) is 1. The molecule has 38 heavy (non-hydrogen) atoms. The maximum atomic E-state index is 14.0. The normalized spacial score (nSPS) is 18.5. The van der Waals surface area contributed by atoms with Gasteiger partial charge in [0.15, 0.2) is 5.13 Å². The van der Waals surface area contributed by atoms with Crippen molar-refractivity contribution < 1.29 is 22.0 Å². The first-order chi connectivity index (χ1) is 18.2. The van der Waals surface area contributed by atoms with Crippen LogP contribution in [0.25, 0.3) is 0 Å². The van der Waals surface area contributed by atoms with Crippen molar-refractivity contribution in [3.8, 4) is 0 Å². The topological polar surface area (TPSA) is 112 Å². The second-order valence-electron chi connectivity index (χ2n) is 9.58. The van der Waals surface area contributed by atoms with E-state index in [1.807, 2.05) is 6.08 Å². The number of nitrogens with zero attached hydrogens (tertiary/aromatic N) is 4. The Labute approximate surface area is 226 Å². The summed E-state index contributed by atoms with van der Waals surface area (Å²) < 4.78 is 55.4. The van der Waals surface area contributed by atoms with E-state index in [2.05, 4.69) is 26.7 Å². The van der Waals surface area contributed by atoms with Crippen LogP contribution in [-0.4, -0.2) is 97.4 Å². The van der Waals surface area contributed by atoms with Gasteiger partial charge >= 0.3 is 0 Å². The molecule has 0 radical (unpaired) electrons. The number of hydrogen-bond donors (Lipinski definition) is 2. The Morgan fingerprint density at radius 3 is 2.39 bits per heavy atom. The number of piperidine rings is 1. The van der Waals surface area contributed by atoms with E-state index in [-0.39, 0.29) is 22.5 Å². The third-order valence-corrected chi connectivity index (χ3v) is 9.91. The highest BCUT2D eigenvalue weighted by Crippen LogP contribution is 2.30. The summed E-state index contributed by atoms with van der Waals surface area (Å²) in [4.78, 5) is 21.5. The first kappa shape index (κ1) is 28.6. The van der Waals surface area contributed by atoms with Gasteiger partial charge in [-0.15, -0.1) is 6.58 Å². The largest absolute Gasteiger partial charge is 0.382 e. The summed E-state index contributed by atoms with van der Waals surface area (Å²) in [5, 5.41) is 3.56. The molecule has 13 heteroatoms. The van der Waals surface area contributed by atoms with Crippen LogP contribution in [0.4, 0.5) is 19.7 Å². The summed E-state index contributed by atoms with van der Waals surface area (Å²) in [5.41, 5.74) is 5.22. The van der Waals surface area contributed by atoms with E-state index in [0.29, 0.717) is 37.5 Å². The SMILES string of the molecule is C=CCN1CCN(CCCS(=O)(=O)N2CCC(Nc3nc(N)c(C(=O)c4c(F)cccc4F)s3)CC2)CC1. The van der Waals surface area contributed by atoms with Crippen LogP contribution in [0, 0.1) is 11.6 Å². The molecule has 2 aromatic rings. The average Bonchev–Trinajstić information content (AvgIpc) is 3.25. The molecule has 1 aromatic carbocycles. The van der Waals surface area contributed by atoms with Gasteiger partial charge in [0.1, 0.15) is 22.3 Å². The second kappa shape index (κ2) is 12.6. The minimum atomic E-state index is -3.35. The number of nitrogen functional groups attached to an aromatic ring is 1. The number of hydrogen-bond acceptors (Lipinski definition) is 9. The number of rotatable bonds is 11. The van der Waals surface area contributed by atoms with Crippen LogP contribution in [0.1, 0.15) is 34.5 Å². The number of piperazine rings is 1. The van der Waals surface area contributed by atoms with Crippen molar-refractivity contribution in [2.75, 3.05) is 69.2 Å². The lowest BCUT2D eigenvalue weighted by molar-refractivity contribution is 0.103. The van der Waals surface area contributed by atoms with E-state index in [9.17, 15) is 22.0 Å². The number of anilines is 2. The van der Waals surface area contributed by atoms with Gasteiger partial charge in [-0.05, 0) is 37.9 Å². The molecule has 4 rings (SSSR count). The molecule has 0 unspecified atom stereocenters. The molecule has 3 heterocycles. The summed E-state index contributed by atoms with van der Waals surface area (Å²) >= 11 is 0.933. The molecule has 2 fully saturated rings. The molecule has 0 atom stereocenters. The number of carbonyl (C=O) groups is 1. The summed E-state index contributed by atoms with van der Waals surface area (Å²) in [5.74, 6) is -2.76. The fourth-order valence-electron chi connectivity index (χ4n) is 4.82. The third kappa shape index (κ3) is 6.94. The van der Waals surface area contributed by atoms with Crippen LogP contribution in [-0.2, 0) is 10.0 Å². The van der Waals surface area contributed by atoms with Gasteiger partial charge in [-0.3, -0.25) is 9.69 Å². The first-order valence-corrected chi connectivity index (χ1v) is 15.2. The van der Waals surface area contributed by atoms with E-state index < -0.39 is 33.0 Å². The lowest BCUT2D eigenvalue weighted by Gasteiger charge is -2.34. The fourth-order valence-corrected chi connectivity index (χ4v) is 7.24. The van der Waals surface area contributed by atoms with E-state index in [1.54, 1.807) is 4.31 Å². The molecule has 2 aliphatic rings. The summed E-state index contributed by atoms with van der Waals surface area (Å²) in [6.45, 7) is 10.0. The summed E-state index contributed by atoms with van der Waals surface area (Å²) in [6, 6.07) is 3.15. The number of nitrogens with two attached hydrogens (primary N) is 1. The molecule has 0 amide bonds.